The molecule has 2 fully saturated rings. The Balaban J connectivity index is 1.44. The summed E-state index contributed by atoms with van der Waals surface area (Å²) < 4.78 is 10.5. The van der Waals surface area contributed by atoms with Gasteiger partial charge < -0.3 is 9.47 Å². The van der Waals surface area contributed by atoms with E-state index in [0.29, 0.717) is 21.6 Å². The third-order valence-electron chi connectivity index (χ3n) is 5.20. The lowest BCUT2D eigenvalue weighted by molar-refractivity contribution is -0.162. The van der Waals surface area contributed by atoms with Crippen LogP contribution in [0.15, 0.2) is 29.4 Å². The van der Waals surface area contributed by atoms with Crippen molar-refractivity contribution in [3.8, 4) is 11.4 Å². The van der Waals surface area contributed by atoms with Gasteiger partial charge in [0.15, 0.2) is 22.6 Å². The molecule has 3 atom stereocenters. The molecule has 1 aromatic carbocycles. The van der Waals surface area contributed by atoms with Crippen molar-refractivity contribution in [1.82, 2.24) is 15.2 Å². The molecule has 1 N–H and O–H groups in total. The van der Waals surface area contributed by atoms with E-state index < -0.39 is 23.0 Å². The Morgan fingerprint density at radius 3 is 2.79 bits per heavy atom. The first kappa shape index (κ1) is 19.9. The number of halogens is 1. The standard InChI is InChI=1S/C19H18ClN3O5S/c1-10-7-19(15(25)27-10)9-18(2,28-16(19)26)13(24)8-29-17-21-14(22-23-17)11-5-3-4-6-12(11)20/h3-6,10H,7-9H2,1-2H3,(H,21,22,23)/t10-,18+,19+/m1/s1. The van der Waals surface area contributed by atoms with Crippen molar-refractivity contribution in [3.63, 3.8) is 0 Å². The van der Waals surface area contributed by atoms with Gasteiger partial charge in [0.25, 0.3) is 0 Å². The van der Waals surface area contributed by atoms with Crippen LogP contribution in [0.2, 0.25) is 5.02 Å². The Labute approximate surface area is 175 Å². The molecule has 2 aromatic rings. The number of thioether (sulfide) groups is 1. The fraction of sp³-hybridized carbons (Fsp3) is 0.421. The van der Waals surface area contributed by atoms with Crippen LogP contribution in [0.25, 0.3) is 11.4 Å². The summed E-state index contributed by atoms with van der Waals surface area (Å²) in [6.07, 6.45) is -0.165. The lowest BCUT2D eigenvalue weighted by Gasteiger charge is -2.20. The van der Waals surface area contributed by atoms with Crippen LogP contribution in [0.4, 0.5) is 0 Å². The van der Waals surface area contributed by atoms with Crippen molar-refractivity contribution in [1.29, 1.82) is 0 Å². The normalized spacial score (nSPS) is 28.6. The zero-order valence-corrected chi connectivity index (χ0v) is 17.3. The van der Waals surface area contributed by atoms with Gasteiger partial charge in [-0.2, -0.15) is 0 Å². The van der Waals surface area contributed by atoms with Crippen LogP contribution in [-0.2, 0) is 23.9 Å². The van der Waals surface area contributed by atoms with E-state index in [4.69, 9.17) is 21.1 Å². The summed E-state index contributed by atoms with van der Waals surface area (Å²) in [6.45, 7) is 3.25. The van der Waals surface area contributed by atoms with E-state index in [1.807, 2.05) is 18.2 Å². The van der Waals surface area contributed by atoms with Gasteiger partial charge in [-0.25, -0.2) is 4.98 Å². The molecule has 0 radical (unpaired) electrons. The maximum atomic E-state index is 12.8. The summed E-state index contributed by atoms with van der Waals surface area (Å²) in [5.74, 6) is -1.14. The summed E-state index contributed by atoms with van der Waals surface area (Å²) in [5, 5.41) is 7.79. The fourth-order valence-electron chi connectivity index (χ4n) is 3.73. The number of ketones is 1. The van der Waals surface area contributed by atoms with Crippen molar-refractivity contribution in [2.24, 2.45) is 5.41 Å². The number of cyclic esters (lactones) is 2. The average molecular weight is 436 g/mol. The lowest BCUT2D eigenvalue weighted by atomic mass is 9.77. The van der Waals surface area contributed by atoms with Crippen molar-refractivity contribution < 1.29 is 23.9 Å². The molecule has 0 bridgehead atoms. The molecule has 1 spiro atoms. The predicted molar refractivity (Wildman–Crippen MR) is 104 cm³/mol. The highest BCUT2D eigenvalue weighted by Crippen LogP contribution is 2.49. The van der Waals surface area contributed by atoms with Gasteiger partial charge in [-0.05, 0) is 26.0 Å². The minimum Gasteiger partial charge on any atom is -0.462 e. The van der Waals surface area contributed by atoms with Crippen LogP contribution in [0, 0.1) is 5.41 Å². The molecular formula is C19H18ClN3O5S. The minimum absolute atomic E-state index is 0.00965. The Kier molecular flexibility index (Phi) is 4.90. The number of carbonyl (C=O) groups is 3. The zero-order valence-electron chi connectivity index (χ0n) is 15.7. The molecule has 2 aliphatic rings. The molecule has 0 amide bonds. The maximum Gasteiger partial charge on any atom is 0.324 e. The van der Waals surface area contributed by atoms with Gasteiger partial charge in [0.05, 0.1) is 10.8 Å². The van der Waals surface area contributed by atoms with Crippen LogP contribution in [-0.4, -0.2) is 50.4 Å². The molecule has 0 unspecified atom stereocenters. The summed E-state index contributed by atoms with van der Waals surface area (Å²) in [4.78, 5) is 41.8. The number of nitrogens with one attached hydrogen (secondary N) is 1. The van der Waals surface area contributed by atoms with Crippen molar-refractivity contribution >= 4 is 41.1 Å². The topological polar surface area (TPSA) is 111 Å². The number of aromatic amines is 1. The number of ether oxygens (including phenoxy) is 2. The van der Waals surface area contributed by atoms with Crippen molar-refractivity contribution in [2.75, 3.05) is 5.75 Å². The average Bonchev–Trinajstić information content (AvgIpc) is 3.31. The predicted octanol–water partition coefficient (Wildman–Crippen LogP) is 2.81. The molecule has 0 saturated carbocycles. The zero-order chi connectivity index (χ0) is 20.8. The van der Waals surface area contributed by atoms with E-state index in [0.717, 1.165) is 11.8 Å². The van der Waals surface area contributed by atoms with Gasteiger partial charge in [-0.15, -0.1) is 5.10 Å². The highest BCUT2D eigenvalue weighted by Gasteiger charge is 2.65. The number of hydrogen-bond acceptors (Lipinski definition) is 8. The third kappa shape index (κ3) is 3.42. The van der Waals surface area contributed by atoms with E-state index in [9.17, 15) is 14.4 Å². The summed E-state index contributed by atoms with van der Waals surface area (Å²) in [5.41, 5.74) is -2.06. The van der Waals surface area contributed by atoms with Gasteiger partial charge in [0.2, 0.25) is 5.16 Å². The molecule has 8 nitrogen and oxygen atoms in total. The van der Waals surface area contributed by atoms with Crippen LogP contribution < -0.4 is 0 Å². The van der Waals surface area contributed by atoms with Crippen molar-refractivity contribution in [3.05, 3.63) is 29.3 Å². The molecule has 0 aliphatic carbocycles. The van der Waals surface area contributed by atoms with E-state index in [1.165, 1.54) is 6.92 Å². The molecule has 4 rings (SSSR count). The number of Topliss-reactive ketones (excluding diaryl/α,β-unsaturated/α-hetero) is 1. The Morgan fingerprint density at radius 1 is 1.34 bits per heavy atom. The van der Waals surface area contributed by atoms with Gasteiger partial charge in [0, 0.05) is 18.4 Å². The molecule has 2 saturated heterocycles. The lowest BCUT2D eigenvalue weighted by Crippen LogP contribution is -2.38. The van der Waals surface area contributed by atoms with Gasteiger partial charge >= 0.3 is 11.9 Å². The van der Waals surface area contributed by atoms with E-state index in [2.05, 4.69) is 15.2 Å². The van der Waals surface area contributed by atoms with Gasteiger partial charge in [-0.1, -0.05) is 35.5 Å². The molecule has 1 aromatic heterocycles. The molecule has 2 aliphatic heterocycles. The van der Waals surface area contributed by atoms with E-state index in [1.54, 1.807) is 13.0 Å². The Morgan fingerprint density at radius 2 is 2.10 bits per heavy atom. The monoisotopic (exact) mass is 435 g/mol. The van der Waals surface area contributed by atoms with E-state index >= 15 is 0 Å². The smallest absolute Gasteiger partial charge is 0.324 e. The number of nitrogens with zero attached hydrogens (tertiary/aromatic N) is 2. The largest absolute Gasteiger partial charge is 0.462 e. The summed E-state index contributed by atoms with van der Waals surface area (Å²) in [7, 11) is 0. The molecular weight excluding hydrogens is 418 g/mol. The second-order valence-electron chi connectivity index (χ2n) is 7.46. The quantitative estimate of drug-likeness (QED) is 0.433. The van der Waals surface area contributed by atoms with Crippen LogP contribution in [0.1, 0.15) is 26.7 Å². The van der Waals surface area contributed by atoms with E-state index in [-0.39, 0.29) is 30.5 Å². The van der Waals surface area contributed by atoms with Crippen molar-refractivity contribution in [2.45, 2.75) is 43.6 Å². The molecule has 29 heavy (non-hydrogen) atoms. The minimum atomic E-state index is -1.38. The second kappa shape index (κ2) is 7.14. The van der Waals surface area contributed by atoms with Gasteiger partial charge in [0.1, 0.15) is 6.10 Å². The third-order valence-corrected chi connectivity index (χ3v) is 6.38. The second-order valence-corrected chi connectivity index (χ2v) is 8.81. The highest BCUT2D eigenvalue weighted by atomic mass is 35.5. The number of carbonyl (C=O) groups excluding carboxylic acids is 3. The van der Waals surface area contributed by atoms with Gasteiger partial charge in [-0.3, -0.25) is 19.5 Å². The number of rotatable bonds is 5. The first-order valence-corrected chi connectivity index (χ1v) is 10.4. The fourth-order valence-corrected chi connectivity index (χ4v) is 4.79. The molecule has 10 heteroatoms. The summed E-state index contributed by atoms with van der Waals surface area (Å²) >= 11 is 7.28. The SMILES string of the molecule is C[C@@H]1C[C@]2(C[C@@](C)(C(=O)CSc3n[nH]c(-c4ccccc4Cl)n3)OC2=O)C(=O)O1. The number of esters is 2. The first-order chi connectivity index (χ1) is 13.7. The molecule has 3 heterocycles. The van der Waals surface area contributed by atoms with Crippen LogP contribution in [0.3, 0.4) is 0 Å². The number of benzene rings is 1. The van der Waals surface area contributed by atoms with Crippen LogP contribution in [0.5, 0.6) is 0 Å². The molecule has 152 valence electrons. The highest BCUT2D eigenvalue weighted by molar-refractivity contribution is 7.99. The number of hydrogen-bond donors (Lipinski definition) is 1. The van der Waals surface area contributed by atoms with Crippen LogP contribution >= 0.6 is 23.4 Å². The number of aromatic nitrogens is 3. The number of H-pyrrole nitrogens is 1. The Bertz CT molecular complexity index is 1010. The summed E-state index contributed by atoms with van der Waals surface area (Å²) in [6, 6.07) is 7.20. The maximum absolute atomic E-state index is 12.8. The Hall–Kier alpha value is -2.39. The first-order valence-electron chi connectivity index (χ1n) is 9.01.